The van der Waals surface area contributed by atoms with Crippen LogP contribution in [0, 0.1) is 5.92 Å². The fourth-order valence-electron chi connectivity index (χ4n) is 2.63. The van der Waals surface area contributed by atoms with Gasteiger partial charge in [0.2, 0.25) is 0 Å². The van der Waals surface area contributed by atoms with Gasteiger partial charge in [0, 0.05) is 18.3 Å². The summed E-state index contributed by atoms with van der Waals surface area (Å²) in [4.78, 5) is 4.71. The minimum absolute atomic E-state index is 0.468. The molecule has 0 amide bonds. The van der Waals surface area contributed by atoms with Crippen LogP contribution in [0.1, 0.15) is 39.1 Å². The van der Waals surface area contributed by atoms with Crippen LogP contribution in [0.3, 0.4) is 0 Å². The Morgan fingerprint density at radius 3 is 2.61 bits per heavy atom. The molecule has 98 valence electrons. The second-order valence-corrected chi connectivity index (χ2v) is 5.68. The maximum absolute atomic E-state index is 5.89. The average Bonchev–Trinajstić information content (AvgIpc) is 2.66. The molecule has 18 heavy (non-hydrogen) atoms. The van der Waals surface area contributed by atoms with Gasteiger partial charge in [0.15, 0.2) is 0 Å². The number of imidazole rings is 1. The third-order valence-electron chi connectivity index (χ3n) is 3.24. The molecule has 0 bridgehead atoms. The third-order valence-corrected chi connectivity index (χ3v) is 3.43. The Balaban J connectivity index is 2.47. The van der Waals surface area contributed by atoms with E-state index in [1.54, 1.807) is 0 Å². The van der Waals surface area contributed by atoms with Gasteiger partial charge in [-0.2, -0.15) is 0 Å². The van der Waals surface area contributed by atoms with Crippen LogP contribution in [0.4, 0.5) is 0 Å². The lowest BCUT2D eigenvalue weighted by Gasteiger charge is -2.19. The predicted octanol–water partition coefficient (Wildman–Crippen LogP) is 4.42. The normalized spacial score (nSPS) is 13.4. The van der Waals surface area contributed by atoms with Crippen molar-refractivity contribution in [2.75, 3.05) is 5.88 Å². The number of fused-ring (bicyclic) bond motifs is 1. The van der Waals surface area contributed by atoms with Crippen molar-refractivity contribution in [2.24, 2.45) is 5.92 Å². The monoisotopic (exact) mass is 264 g/mol. The number of halogens is 1. The van der Waals surface area contributed by atoms with Gasteiger partial charge in [-0.3, -0.25) is 0 Å². The molecule has 2 aromatic rings. The minimum Gasteiger partial charge on any atom is -0.325 e. The zero-order valence-electron chi connectivity index (χ0n) is 11.4. The number of aromatic nitrogens is 2. The van der Waals surface area contributed by atoms with E-state index in [0.29, 0.717) is 17.8 Å². The first-order chi connectivity index (χ1) is 8.63. The summed E-state index contributed by atoms with van der Waals surface area (Å²) in [7, 11) is 0. The van der Waals surface area contributed by atoms with Crippen LogP contribution in [-0.2, 0) is 6.42 Å². The summed E-state index contributed by atoms with van der Waals surface area (Å²) in [6.45, 7) is 6.79. The van der Waals surface area contributed by atoms with Gasteiger partial charge in [-0.25, -0.2) is 4.98 Å². The lowest BCUT2D eigenvalue weighted by atomic mass is 10.0. The SMILES string of the molecule is CC(C)CC(C)n1c(CCCl)nc2ccccc21. The number of alkyl halides is 1. The van der Waals surface area contributed by atoms with E-state index < -0.39 is 0 Å². The highest BCUT2D eigenvalue weighted by Gasteiger charge is 2.15. The Bertz CT molecular complexity index is 516. The molecule has 1 atom stereocenters. The molecule has 0 fully saturated rings. The Hall–Kier alpha value is -1.02. The second-order valence-electron chi connectivity index (χ2n) is 5.30. The van der Waals surface area contributed by atoms with Crippen LogP contribution in [0.5, 0.6) is 0 Å². The molecule has 0 radical (unpaired) electrons. The van der Waals surface area contributed by atoms with Gasteiger partial charge in [0.1, 0.15) is 5.82 Å². The van der Waals surface area contributed by atoms with Gasteiger partial charge in [0.25, 0.3) is 0 Å². The molecule has 0 saturated carbocycles. The molecular weight excluding hydrogens is 244 g/mol. The summed E-state index contributed by atoms with van der Waals surface area (Å²) >= 11 is 5.89. The fourth-order valence-corrected chi connectivity index (χ4v) is 2.80. The third kappa shape index (κ3) is 2.69. The van der Waals surface area contributed by atoms with E-state index in [2.05, 4.69) is 43.5 Å². The lowest BCUT2D eigenvalue weighted by Crippen LogP contribution is -2.12. The molecule has 0 aliphatic rings. The van der Waals surface area contributed by atoms with Crippen molar-refractivity contribution in [3.05, 3.63) is 30.1 Å². The highest BCUT2D eigenvalue weighted by atomic mass is 35.5. The van der Waals surface area contributed by atoms with Crippen LogP contribution in [-0.4, -0.2) is 15.4 Å². The van der Waals surface area contributed by atoms with Crippen molar-refractivity contribution in [3.63, 3.8) is 0 Å². The number of para-hydroxylation sites is 2. The Morgan fingerprint density at radius 1 is 1.22 bits per heavy atom. The average molecular weight is 265 g/mol. The molecule has 1 aromatic carbocycles. The number of rotatable bonds is 5. The van der Waals surface area contributed by atoms with Crippen LogP contribution < -0.4 is 0 Å². The fraction of sp³-hybridized carbons (Fsp3) is 0.533. The summed E-state index contributed by atoms with van der Waals surface area (Å²) in [5.41, 5.74) is 2.30. The van der Waals surface area contributed by atoms with Gasteiger partial charge in [-0.1, -0.05) is 26.0 Å². The van der Waals surface area contributed by atoms with Crippen molar-refractivity contribution < 1.29 is 0 Å². The molecular formula is C15H21ClN2. The number of hydrogen-bond acceptors (Lipinski definition) is 1. The highest BCUT2D eigenvalue weighted by molar-refractivity contribution is 6.17. The quantitative estimate of drug-likeness (QED) is 0.731. The van der Waals surface area contributed by atoms with Gasteiger partial charge in [-0.05, 0) is 31.4 Å². The molecule has 0 N–H and O–H groups in total. The summed E-state index contributed by atoms with van der Waals surface area (Å²) < 4.78 is 2.36. The second kappa shape index (κ2) is 5.75. The molecule has 3 heteroatoms. The summed E-state index contributed by atoms with van der Waals surface area (Å²) in [6, 6.07) is 8.81. The maximum atomic E-state index is 5.89. The van der Waals surface area contributed by atoms with E-state index in [0.717, 1.165) is 24.2 Å². The molecule has 1 aromatic heterocycles. The molecule has 0 aliphatic heterocycles. The van der Waals surface area contributed by atoms with E-state index >= 15 is 0 Å². The molecule has 0 aliphatic carbocycles. The number of hydrogen-bond donors (Lipinski definition) is 0. The van der Waals surface area contributed by atoms with E-state index in [4.69, 9.17) is 16.6 Å². The summed E-state index contributed by atoms with van der Waals surface area (Å²) in [5, 5.41) is 0. The summed E-state index contributed by atoms with van der Waals surface area (Å²) in [6.07, 6.45) is 1.99. The van der Waals surface area contributed by atoms with Crippen LogP contribution in [0.15, 0.2) is 24.3 Å². The van der Waals surface area contributed by atoms with Crippen molar-refractivity contribution in [2.45, 2.75) is 39.7 Å². The van der Waals surface area contributed by atoms with Gasteiger partial charge >= 0.3 is 0 Å². The Morgan fingerprint density at radius 2 is 1.94 bits per heavy atom. The van der Waals surface area contributed by atoms with Crippen LogP contribution in [0.2, 0.25) is 0 Å². The van der Waals surface area contributed by atoms with Crippen molar-refractivity contribution in [3.8, 4) is 0 Å². The number of benzene rings is 1. The standard InChI is InChI=1S/C15H21ClN2/c1-11(2)10-12(3)18-14-7-5-4-6-13(14)17-15(18)8-9-16/h4-7,11-12H,8-10H2,1-3H3. The highest BCUT2D eigenvalue weighted by Crippen LogP contribution is 2.25. The predicted molar refractivity (Wildman–Crippen MR) is 78.3 cm³/mol. The van der Waals surface area contributed by atoms with E-state index in [1.165, 1.54) is 5.52 Å². The zero-order chi connectivity index (χ0) is 13.1. The van der Waals surface area contributed by atoms with Gasteiger partial charge in [-0.15, -0.1) is 11.6 Å². The smallest absolute Gasteiger partial charge is 0.111 e. The first kappa shape index (κ1) is 13.4. The van der Waals surface area contributed by atoms with Crippen molar-refractivity contribution >= 4 is 22.6 Å². The molecule has 0 saturated heterocycles. The van der Waals surface area contributed by atoms with Crippen LogP contribution >= 0.6 is 11.6 Å². The molecule has 2 rings (SSSR count). The Kier molecular flexibility index (Phi) is 4.28. The number of aryl methyl sites for hydroxylation is 1. The van der Waals surface area contributed by atoms with E-state index in [9.17, 15) is 0 Å². The largest absolute Gasteiger partial charge is 0.325 e. The van der Waals surface area contributed by atoms with E-state index in [-0.39, 0.29) is 0 Å². The molecule has 1 heterocycles. The number of nitrogens with zero attached hydrogens (tertiary/aromatic N) is 2. The Labute approximate surface area is 114 Å². The van der Waals surface area contributed by atoms with Crippen molar-refractivity contribution in [1.29, 1.82) is 0 Å². The molecule has 0 spiro atoms. The lowest BCUT2D eigenvalue weighted by molar-refractivity contribution is 0.426. The molecule has 2 nitrogen and oxygen atoms in total. The summed E-state index contributed by atoms with van der Waals surface area (Å²) in [5.74, 6) is 2.42. The minimum atomic E-state index is 0.468. The van der Waals surface area contributed by atoms with E-state index in [1.807, 2.05) is 6.07 Å². The van der Waals surface area contributed by atoms with Gasteiger partial charge in [0.05, 0.1) is 11.0 Å². The van der Waals surface area contributed by atoms with Crippen LogP contribution in [0.25, 0.3) is 11.0 Å². The van der Waals surface area contributed by atoms with Crippen molar-refractivity contribution in [1.82, 2.24) is 9.55 Å². The topological polar surface area (TPSA) is 17.8 Å². The first-order valence-corrected chi connectivity index (χ1v) is 7.18. The maximum Gasteiger partial charge on any atom is 0.111 e. The first-order valence-electron chi connectivity index (χ1n) is 6.65. The molecule has 1 unspecified atom stereocenters. The van der Waals surface area contributed by atoms with Gasteiger partial charge < -0.3 is 4.57 Å². The zero-order valence-corrected chi connectivity index (χ0v) is 12.1.